The topological polar surface area (TPSA) is 301 Å². The summed E-state index contributed by atoms with van der Waals surface area (Å²) in [7, 11) is 6.18. The van der Waals surface area contributed by atoms with Gasteiger partial charge in [-0.1, -0.05) is 137 Å². The molecule has 2 aromatic carbocycles. The lowest BCUT2D eigenvalue weighted by Crippen LogP contribution is -2.60. The third kappa shape index (κ3) is 22.6. The molecule has 1 saturated carbocycles. The van der Waals surface area contributed by atoms with Crippen molar-refractivity contribution in [1.29, 1.82) is 0 Å². The summed E-state index contributed by atoms with van der Waals surface area (Å²) >= 11 is 0. The van der Waals surface area contributed by atoms with Gasteiger partial charge in [-0.15, -0.1) is 0 Å². The molecule has 0 spiro atoms. The largest absolute Gasteiger partial charge is 0.445 e. The minimum atomic E-state index is -1.05. The van der Waals surface area contributed by atoms with Gasteiger partial charge in [0.2, 0.25) is 35.4 Å². The van der Waals surface area contributed by atoms with Crippen LogP contribution in [0, 0.1) is 41.4 Å². The third-order valence-corrected chi connectivity index (χ3v) is 20.0. The van der Waals surface area contributed by atoms with Crippen LogP contribution in [0.15, 0.2) is 66.7 Å². The Hall–Kier alpha value is -6.79. The average molecular weight is 1340 g/mol. The highest BCUT2D eigenvalue weighted by molar-refractivity contribution is 6.12. The predicted octanol–water partition coefficient (Wildman–Crippen LogP) is 7.65. The second-order valence-electron chi connectivity index (χ2n) is 28.2. The minimum Gasteiger partial charge on any atom is -0.445 e. The van der Waals surface area contributed by atoms with Crippen molar-refractivity contribution in [2.75, 3.05) is 53.3 Å². The summed E-state index contributed by atoms with van der Waals surface area (Å²) in [4.78, 5) is 130. The van der Waals surface area contributed by atoms with Crippen LogP contribution in [0.5, 0.6) is 0 Å². The second-order valence-corrected chi connectivity index (χ2v) is 28.2. The number of likely N-dealkylation sites (tertiary alicyclic amines) is 1. The minimum absolute atomic E-state index is 0.0238. The molecule has 0 radical (unpaired) electrons. The Morgan fingerprint density at radius 1 is 0.698 bits per heavy atom. The number of likely N-dealkylation sites (N-methyl/N-ethyl adjacent to an activating group) is 2. The van der Waals surface area contributed by atoms with E-state index >= 15 is 0 Å². The Kier molecular flexibility index (Phi) is 32.4. The number of benzene rings is 2. The number of aliphatic hydroxyl groups excluding tert-OH is 1. The number of rotatable bonds is 38. The van der Waals surface area contributed by atoms with Gasteiger partial charge in [0, 0.05) is 65.3 Å². The highest BCUT2D eigenvalue weighted by Gasteiger charge is 2.44. The van der Waals surface area contributed by atoms with E-state index in [0.717, 1.165) is 44.9 Å². The maximum absolute atomic E-state index is 14.9. The number of carbonyl (C=O) groups is 9. The van der Waals surface area contributed by atoms with Crippen LogP contribution in [0.2, 0.25) is 0 Å². The van der Waals surface area contributed by atoms with Gasteiger partial charge in [0.1, 0.15) is 24.7 Å². The first kappa shape index (κ1) is 79.9. The molecule has 2 aliphatic heterocycles. The Morgan fingerprint density at radius 3 is 1.90 bits per heavy atom. The van der Waals surface area contributed by atoms with Gasteiger partial charge in [-0.2, -0.15) is 0 Å². The zero-order chi connectivity index (χ0) is 71.1. The van der Waals surface area contributed by atoms with E-state index in [1.807, 2.05) is 66.7 Å². The lowest BCUT2D eigenvalue weighted by Gasteiger charge is -2.41. The van der Waals surface area contributed by atoms with E-state index in [-0.39, 0.29) is 72.3 Å². The fourth-order valence-corrected chi connectivity index (χ4v) is 13.9. The van der Waals surface area contributed by atoms with Crippen LogP contribution in [-0.2, 0) is 59.2 Å². The lowest BCUT2D eigenvalue weighted by atomic mass is 9.79. The summed E-state index contributed by atoms with van der Waals surface area (Å²) in [5, 5.41) is 26.5. The van der Waals surface area contributed by atoms with E-state index in [9.17, 15) is 48.3 Å². The number of hydrogen-bond donors (Lipinski definition) is 7. The highest BCUT2D eigenvalue weighted by atomic mass is 16.6. The molecule has 23 nitrogen and oxygen atoms in total. The van der Waals surface area contributed by atoms with Crippen molar-refractivity contribution in [3.63, 3.8) is 0 Å². The molecular weight excluding hydrogens is 1220 g/mol. The Bertz CT molecular complexity index is 2850. The van der Waals surface area contributed by atoms with Gasteiger partial charge in [-0.3, -0.25) is 48.2 Å². The number of unbranched alkanes of at least 4 members (excludes halogenated alkanes) is 2. The number of amides is 9. The van der Waals surface area contributed by atoms with Crippen LogP contribution in [0.3, 0.4) is 0 Å². The summed E-state index contributed by atoms with van der Waals surface area (Å²) in [6.45, 7) is 22.0. The van der Waals surface area contributed by atoms with E-state index in [1.54, 1.807) is 80.9 Å². The molecule has 3 aliphatic rings. The quantitative estimate of drug-likeness (QED) is 0.0251. The van der Waals surface area contributed by atoms with Crippen LogP contribution in [0.1, 0.15) is 177 Å². The Balaban J connectivity index is 1.18. The Labute approximate surface area is 571 Å². The van der Waals surface area contributed by atoms with Gasteiger partial charge in [-0.25, -0.2) is 4.79 Å². The highest BCUT2D eigenvalue weighted by Crippen LogP contribution is 2.33. The molecular formula is C73H116N10O13. The molecule has 2 heterocycles. The molecule has 1 aliphatic carbocycles. The smallest absolute Gasteiger partial charge is 0.410 e. The molecule has 5 rings (SSSR count). The second kappa shape index (κ2) is 39.0. The molecule has 1 saturated heterocycles. The number of aliphatic hydroxyl groups is 1. The molecule has 13 atom stereocenters. The first-order valence-electron chi connectivity index (χ1n) is 35.1. The van der Waals surface area contributed by atoms with Crippen molar-refractivity contribution in [2.24, 2.45) is 47.2 Å². The van der Waals surface area contributed by atoms with E-state index in [0.29, 0.717) is 74.5 Å². The number of imide groups is 1. The molecule has 96 heavy (non-hydrogen) atoms. The van der Waals surface area contributed by atoms with Crippen molar-refractivity contribution in [1.82, 2.24) is 40.9 Å². The van der Waals surface area contributed by atoms with Gasteiger partial charge in [0.05, 0.1) is 54.8 Å². The Morgan fingerprint density at radius 2 is 1.32 bits per heavy atom. The molecule has 0 bridgehead atoms. The molecule has 0 aromatic heterocycles. The summed E-state index contributed by atoms with van der Waals surface area (Å²) in [6.07, 6.45) is 8.61. The van der Waals surface area contributed by atoms with E-state index < -0.39 is 96.3 Å². The summed E-state index contributed by atoms with van der Waals surface area (Å²) < 4.78 is 17.9. The fraction of sp³-hybridized carbons (Fsp3) is 0.685. The van der Waals surface area contributed by atoms with E-state index in [4.69, 9.17) is 19.9 Å². The molecule has 2 fully saturated rings. The number of carbonyl (C=O) groups excluding carboxylic acids is 9. The number of nitrogens with one attached hydrogen (secondary N) is 5. The van der Waals surface area contributed by atoms with Crippen molar-refractivity contribution in [3.8, 4) is 0 Å². The maximum Gasteiger partial charge on any atom is 0.410 e. The number of nitrogens with two attached hydrogens (primary N) is 1. The number of anilines is 1. The van der Waals surface area contributed by atoms with Crippen LogP contribution in [-0.4, -0.2) is 187 Å². The molecule has 536 valence electrons. The van der Waals surface area contributed by atoms with E-state index in [1.165, 1.54) is 43.2 Å². The standard InChI is InChI=1S/C73H116N10O13/c1-16-47(8)65(58(94-14)41-61(86)82-39-23-27-57(82)67(95-15)49(10)68(88)76-50(11)66(87)54-25-20-17-21-26-54)80(12)72(92)63(45(4)5)79-71(91)64(46(6)7)81(13)73(93)96-43-53-32-34-55(35-33-53)77-69(89)56(40-51-28-30-52(42-74)31-29-51)78-70(90)62(44(2)3)75-48(9)24-19-18-22-38-83-59(84)36-37-60(83)85/h17,20-21,25-26,32-37,44-52,56-58,62-67,75,87H,16,18-19,22-24,27-31,38-43,74H2,1-15H3,(H,76,88)(H,77,89)(H,78,90)(H,79,91)/t47-,48-,49+,50+,51-,52-,56-,57-,58+,62-,63-,64-,65-,66+,67+/m0/s1. The van der Waals surface area contributed by atoms with Crippen molar-refractivity contribution >= 4 is 59.0 Å². The zero-order valence-electron chi connectivity index (χ0n) is 60.0. The van der Waals surface area contributed by atoms with Crippen molar-refractivity contribution in [3.05, 3.63) is 77.9 Å². The summed E-state index contributed by atoms with van der Waals surface area (Å²) in [5.41, 5.74) is 7.78. The fourth-order valence-electron chi connectivity index (χ4n) is 13.9. The van der Waals surface area contributed by atoms with Crippen LogP contribution >= 0.6 is 0 Å². The molecule has 8 N–H and O–H groups in total. The third-order valence-electron chi connectivity index (χ3n) is 20.0. The molecule has 0 unspecified atom stereocenters. The number of hydrogen-bond acceptors (Lipinski definition) is 15. The monoisotopic (exact) mass is 1340 g/mol. The number of methoxy groups -OCH3 is 2. The number of ether oxygens (including phenoxy) is 3. The first-order valence-corrected chi connectivity index (χ1v) is 35.1. The van der Waals surface area contributed by atoms with Crippen LogP contribution < -0.4 is 32.3 Å². The average Bonchev–Trinajstić information content (AvgIpc) is 1.72. The molecule has 23 heteroatoms. The predicted molar refractivity (Wildman–Crippen MR) is 370 cm³/mol. The van der Waals surface area contributed by atoms with Gasteiger partial charge >= 0.3 is 6.09 Å². The SMILES string of the molecule is CC[C@H](C)[C@@H]([C@@H](CC(=O)N1CCC[C@H]1[C@H](OC)[C@@H](C)C(=O)N[C@H](C)[C@@H](O)c1ccccc1)OC)N(C)C(=O)[C@@H](NC(=O)[C@H](C(C)C)N(C)C(=O)OCc1ccc(NC(=O)[C@H](C[C@H]2CC[C@H](CN)CC2)NC(=O)[C@@H](N[C@@H](C)CCCCCN2C(=O)C=CC2=O)C(C)C)cc1)C(C)C. The first-order chi connectivity index (χ1) is 45.6. The maximum atomic E-state index is 14.9. The summed E-state index contributed by atoms with van der Waals surface area (Å²) in [5.74, 6) is -3.76. The van der Waals surface area contributed by atoms with Gasteiger partial charge in [0.25, 0.3) is 11.8 Å². The van der Waals surface area contributed by atoms with Crippen molar-refractivity contribution in [2.45, 2.75) is 233 Å². The van der Waals surface area contributed by atoms with Gasteiger partial charge < -0.3 is 61.4 Å². The molecule has 2 aromatic rings. The summed E-state index contributed by atoms with van der Waals surface area (Å²) in [6, 6.07) is 10.8. The number of nitrogens with zero attached hydrogens (tertiary/aromatic N) is 4. The normalized spacial score (nSPS) is 20.3. The van der Waals surface area contributed by atoms with Gasteiger partial charge in [0.15, 0.2) is 0 Å². The van der Waals surface area contributed by atoms with Crippen LogP contribution in [0.4, 0.5) is 10.5 Å². The van der Waals surface area contributed by atoms with Crippen LogP contribution in [0.25, 0.3) is 0 Å². The van der Waals surface area contributed by atoms with Crippen molar-refractivity contribution < 1.29 is 62.5 Å². The van der Waals surface area contributed by atoms with Gasteiger partial charge in [-0.05, 0) is 124 Å². The zero-order valence-corrected chi connectivity index (χ0v) is 60.0. The lowest BCUT2D eigenvalue weighted by molar-refractivity contribution is -0.148. The van der Waals surface area contributed by atoms with E-state index in [2.05, 4.69) is 26.6 Å². The molecule has 9 amide bonds.